The van der Waals surface area contributed by atoms with E-state index in [1.165, 1.54) is 22.5 Å². The quantitative estimate of drug-likeness (QED) is 0.945. The van der Waals surface area contributed by atoms with E-state index in [2.05, 4.69) is 46.4 Å². The van der Waals surface area contributed by atoms with Crippen molar-refractivity contribution in [3.8, 4) is 0 Å². The summed E-state index contributed by atoms with van der Waals surface area (Å²) in [7, 11) is 0. The van der Waals surface area contributed by atoms with Gasteiger partial charge >= 0.3 is 0 Å². The van der Waals surface area contributed by atoms with Crippen LogP contribution < -0.4 is 5.32 Å². The Morgan fingerprint density at radius 2 is 2.16 bits per heavy atom. The molecule has 2 aromatic rings. The van der Waals surface area contributed by atoms with Gasteiger partial charge in [-0.3, -0.25) is 0 Å². The molecule has 0 atom stereocenters. The average molecular weight is 318 g/mol. The van der Waals surface area contributed by atoms with Crippen LogP contribution >= 0.6 is 15.9 Å². The Bertz CT molecular complexity index is 610. The third-order valence-electron chi connectivity index (χ3n) is 3.41. The molecule has 19 heavy (non-hydrogen) atoms. The fraction of sp³-hybridized carbons (Fsp3) is 0.333. The number of aryl methyl sites for hydroxylation is 1. The Labute approximate surface area is 121 Å². The molecule has 2 heterocycles. The third kappa shape index (κ3) is 2.69. The molecule has 1 N–H and O–H groups in total. The molecule has 0 radical (unpaired) electrons. The summed E-state index contributed by atoms with van der Waals surface area (Å²) < 4.78 is 1.10. The van der Waals surface area contributed by atoms with E-state index in [4.69, 9.17) is 9.97 Å². The van der Waals surface area contributed by atoms with Crippen molar-refractivity contribution >= 4 is 15.9 Å². The van der Waals surface area contributed by atoms with Gasteiger partial charge in [-0.1, -0.05) is 35.0 Å². The largest absolute Gasteiger partial charge is 0.307 e. The lowest BCUT2D eigenvalue weighted by molar-refractivity contribution is 0.754. The smallest absolute Gasteiger partial charge is 0.133 e. The second-order valence-electron chi connectivity index (χ2n) is 4.78. The lowest BCUT2D eigenvalue weighted by Gasteiger charge is -2.08. The van der Waals surface area contributed by atoms with Gasteiger partial charge in [-0.25, -0.2) is 9.97 Å². The Balaban J connectivity index is 1.93. The van der Waals surface area contributed by atoms with Crippen molar-refractivity contribution in [1.29, 1.82) is 0 Å². The van der Waals surface area contributed by atoms with Gasteiger partial charge in [0.2, 0.25) is 0 Å². The average Bonchev–Trinajstić information content (AvgIpc) is 2.86. The second-order valence-corrected chi connectivity index (χ2v) is 5.69. The normalized spacial score (nSPS) is 13.6. The van der Waals surface area contributed by atoms with Crippen molar-refractivity contribution in [3.05, 3.63) is 57.1 Å². The van der Waals surface area contributed by atoms with Gasteiger partial charge in [-0.2, -0.15) is 0 Å². The predicted octanol–water partition coefficient (Wildman–Crippen LogP) is 3.00. The molecular weight excluding hydrogens is 302 g/mol. The monoisotopic (exact) mass is 317 g/mol. The molecule has 0 unspecified atom stereocenters. The molecule has 0 saturated heterocycles. The zero-order valence-corrected chi connectivity index (χ0v) is 12.5. The van der Waals surface area contributed by atoms with Gasteiger partial charge in [0.1, 0.15) is 5.82 Å². The van der Waals surface area contributed by atoms with Gasteiger partial charge in [0.25, 0.3) is 0 Å². The van der Waals surface area contributed by atoms with Crippen molar-refractivity contribution in [2.75, 3.05) is 0 Å². The minimum absolute atomic E-state index is 0.791. The topological polar surface area (TPSA) is 37.8 Å². The minimum Gasteiger partial charge on any atom is -0.307 e. The Kier molecular flexibility index (Phi) is 3.62. The Morgan fingerprint density at radius 3 is 2.95 bits per heavy atom. The molecule has 3 nitrogen and oxygen atoms in total. The highest BCUT2D eigenvalue weighted by atomic mass is 79.9. The molecular formula is C15H16BrN3. The molecule has 0 spiro atoms. The maximum absolute atomic E-state index is 4.72. The van der Waals surface area contributed by atoms with Gasteiger partial charge in [0, 0.05) is 35.2 Å². The fourth-order valence-corrected chi connectivity index (χ4v) is 2.94. The standard InChI is InChI=1S/C15H16BrN3/c1-2-13-12-8-17-9-14(12)19-15(18-13)7-10-4-3-5-11(16)6-10/h3-6,17H,2,7-9H2,1H3. The number of halogens is 1. The molecule has 0 bridgehead atoms. The number of hydrogen-bond acceptors (Lipinski definition) is 3. The van der Waals surface area contributed by atoms with Crippen LogP contribution in [0.2, 0.25) is 0 Å². The van der Waals surface area contributed by atoms with Gasteiger partial charge in [0.15, 0.2) is 0 Å². The summed E-state index contributed by atoms with van der Waals surface area (Å²) >= 11 is 3.50. The first-order chi connectivity index (χ1) is 9.26. The van der Waals surface area contributed by atoms with Crippen LogP contribution in [0, 0.1) is 0 Å². The van der Waals surface area contributed by atoms with E-state index in [9.17, 15) is 0 Å². The molecule has 1 aromatic carbocycles. The highest BCUT2D eigenvalue weighted by Gasteiger charge is 2.17. The summed E-state index contributed by atoms with van der Waals surface area (Å²) in [5.74, 6) is 0.928. The second kappa shape index (κ2) is 5.39. The SMILES string of the molecule is CCc1nc(Cc2cccc(Br)c2)nc2c1CNC2. The molecule has 0 fully saturated rings. The number of benzene rings is 1. The lowest BCUT2D eigenvalue weighted by atomic mass is 10.1. The van der Waals surface area contributed by atoms with Crippen molar-refractivity contribution in [2.45, 2.75) is 32.9 Å². The number of aromatic nitrogens is 2. The summed E-state index contributed by atoms with van der Waals surface area (Å²) in [5, 5.41) is 3.35. The van der Waals surface area contributed by atoms with Crippen LogP contribution in [0.25, 0.3) is 0 Å². The maximum atomic E-state index is 4.72. The Hall–Kier alpha value is -1.26. The molecule has 1 aliphatic rings. The first-order valence-corrected chi connectivity index (χ1v) is 7.38. The highest BCUT2D eigenvalue weighted by Crippen LogP contribution is 2.19. The van der Waals surface area contributed by atoms with Crippen LogP contribution in [0.15, 0.2) is 28.7 Å². The van der Waals surface area contributed by atoms with Crippen molar-refractivity contribution < 1.29 is 0 Å². The first-order valence-electron chi connectivity index (χ1n) is 6.59. The van der Waals surface area contributed by atoms with E-state index < -0.39 is 0 Å². The number of rotatable bonds is 3. The van der Waals surface area contributed by atoms with E-state index in [1.807, 2.05) is 6.07 Å². The van der Waals surface area contributed by atoms with E-state index in [1.54, 1.807) is 0 Å². The van der Waals surface area contributed by atoms with E-state index in [0.717, 1.165) is 36.2 Å². The number of nitrogens with one attached hydrogen (secondary N) is 1. The summed E-state index contributed by atoms with van der Waals surface area (Å²) in [4.78, 5) is 9.42. The zero-order valence-electron chi connectivity index (χ0n) is 10.9. The molecule has 0 aliphatic carbocycles. The number of nitrogens with zero attached hydrogens (tertiary/aromatic N) is 2. The lowest BCUT2D eigenvalue weighted by Crippen LogP contribution is -2.06. The minimum atomic E-state index is 0.791. The molecule has 3 rings (SSSR count). The molecule has 0 saturated carbocycles. The van der Waals surface area contributed by atoms with Gasteiger partial charge in [0.05, 0.1) is 5.69 Å². The van der Waals surface area contributed by atoms with Gasteiger partial charge in [-0.05, 0) is 24.1 Å². The third-order valence-corrected chi connectivity index (χ3v) is 3.90. The van der Waals surface area contributed by atoms with E-state index in [-0.39, 0.29) is 0 Å². The Morgan fingerprint density at radius 1 is 1.26 bits per heavy atom. The highest BCUT2D eigenvalue weighted by molar-refractivity contribution is 9.10. The summed E-state index contributed by atoms with van der Waals surface area (Å²) in [5.41, 5.74) is 4.92. The molecule has 98 valence electrons. The first kappa shape index (κ1) is 12.8. The summed E-state index contributed by atoms with van der Waals surface area (Å²) in [6.07, 6.45) is 1.76. The molecule has 1 aromatic heterocycles. The van der Waals surface area contributed by atoms with Crippen LogP contribution in [-0.4, -0.2) is 9.97 Å². The fourth-order valence-electron chi connectivity index (χ4n) is 2.50. The molecule has 4 heteroatoms. The van der Waals surface area contributed by atoms with Crippen molar-refractivity contribution in [3.63, 3.8) is 0 Å². The summed E-state index contributed by atoms with van der Waals surface area (Å²) in [6, 6.07) is 8.33. The van der Waals surface area contributed by atoms with Crippen LogP contribution in [0.3, 0.4) is 0 Å². The molecule has 1 aliphatic heterocycles. The van der Waals surface area contributed by atoms with Crippen LogP contribution in [0.1, 0.15) is 35.3 Å². The number of fused-ring (bicyclic) bond motifs is 1. The van der Waals surface area contributed by atoms with E-state index >= 15 is 0 Å². The van der Waals surface area contributed by atoms with Crippen LogP contribution in [0.5, 0.6) is 0 Å². The van der Waals surface area contributed by atoms with Crippen LogP contribution in [0.4, 0.5) is 0 Å². The number of hydrogen-bond donors (Lipinski definition) is 1. The van der Waals surface area contributed by atoms with Crippen molar-refractivity contribution in [1.82, 2.24) is 15.3 Å². The zero-order chi connectivity index (χ0) is 13.2. The molecule has 0 amide bonds. The van der Waals surface area contributed by atoms with Gasteiger partial charge in [-0.15, -0.1) is 0 Å². The van der Waals surface area contributed by atoms with Crippen molar-refractivity contribution in [2.24, 2.45) is 0 Å². The van der Waals surface area contributed by atoms with E-state index in [0.29, 0.717) is 0 Å². The summed E-state index contributed by atoms with van der Waals surface area (Å²) in [6.45, 7) is 3.94. The van der Waals surface area contributed by atoms with Gasteiger partial charge < -0.3 is 5.32 Å². The predicted molar refractivity (Wildman–Crippen MR) is 78.9 cm³/mol. The van der Waals surface area contributed by atoms with Crippen LogP contribution in [-0.2, 0) is 25.9 Å². The maximum Gasteiger partial charge on any atom is 0.133 e.